The van der Waals surface area contributed by atoms with Crippen LogP contribution in [0.25, 0.3) is 0 Å². The zero-order chi connectivity index (χ0) is 25.1. The number of hydrogen-bond acceptors (Lipinski definition) is 11. The van der Waals surface area contributed by atoms with Crippen LogP contribution < -0.4 is 5.32 Å². The van der Waals surface area contributed by atoms with Crippen LogP contribution in [0.1, 0.15) is 40.5 Å². The van der Waals surface area contributed by atoms with Crippen LogP contribution in [0.4, 0.5) is 0 Å². The van der Waals surface area contributed by atoms with E-state index in [1.165, 1.54) is 6.92 Å². The third-order valence-electron chi connectivity index (χ3n) is 6.87. The standard InChI is InChI=1S/C21H37NO11/c1-6-21(4,7-2)18-11(22-9(3)24)16(12(25)10(8-23)31-18)32-20-15(28)13(26)14(27)17(33-20)19(29)30-5/h10-18,20,23,25-28H,6-8H2,1-5H3,(H,22,24)/t10?,11?,12?,13?,14?,15?,16?,17?,18-,20?/m0/s1. The van der Waals surface area contributed by atoms with Gasteiger partial charge in [-0.25, -0.2) is 4.79 Å². The first-order chi connectivity index (χ1) is 15.4. The number of amides is 1. The average molecular weight is 480 g/mol. The Balaban J connectivity index is 2.43. The Hall–Kier alpha value is -1.38. The number of aliphatic hydroxyl groups excluding tert-OH is 5. The molecule has 2 fully saturated rings. The number of carbonyl (C=O) groups is 2. The van der Waals surface area contributed by atoms with Crippen molar-refractivity contribution in [1.29, 1.82) is 0 Å². The van der Waals surface area contributed by atoms with Gasteiger partial charge in [-0.2, -0.15) is 0 Å². The van der Waals surface area contributed by atoms with Gasteiger partial charge in [0.1, 0.15) is 36.6 Å². The fourth-order valence-electron chi connectivity index (χ4n) is 4.33. The minimum Gasteiger partial charge on any atom is -0.467 e. The largest absolute Gasteiger partial charge is 0.467 e. The van der Waals surface area contributed by atoms with Gasteiger partial charge >= 0.3 is 5.97 Å². The van der Waals surface area contributed by atoms with Gasteiger partial charge in [-0.05, 0) is 18.3 Å². The second-order valence-corrected chi connectivity index (χ2v) is 8.88. The quantitative estimate of drug-likeness (QED) is 0.208. The highest BCUT2D eigenvalue weighted by Gasteiger charge is 2.55. The summed E-state index contributed by atoms with van der Waals surface area (Å²) in [5, 5.41) is 54.2. The van der Waals surface area contributed by atoms with E-state index >= 15 is 0 Å². The van der Waals surface area contributed by atoms with Crippen molar-refractivity contribution in [2.24, 2.45) is 5.41 Å². The molecule has 2 heterocycles. The molecule has 0 aromatic carbocycles. The molecule has 0 aromatic rings. The summed E-state index contributed by atoms with van der Waals surface area (Å²) in [4.78, 5) is 24.0. The van der Waals surface area contributed by atoms with Crippen LogP contribution >= 0.6 is 0 Å². The van der Waals surface area contributed by atoms with Gasteiger partial charge in [0.2, 0.25) is 5.91 Å². The van der Waals surface area contributed by atoms with Crippen molar-refractivity contribution < 1.29 is 54.1 Å². The predicted molar refractivity (Wildman–Crippen MR) is 112 cm³/mol. The monoisotopic (exact) mass is 479 g/mol. The molecule has 0 saturated carbocycles. The van der Waals surface area contributed by atoms with Crippen molar-refractivity contribution in [2.45, 2.75) is 102 Å². The Labute approximate surface area is 192 Å². The number of methoxy groups -OCH3 is 1. The zero-order valence-electron chi connectivity index (χ0n) is 19.6. The fraction of sp³-hybridized carbons (Fsp3) is 0.905. The Morgan fingerprint density at radius 2 is 1.61 bits per heavy atom. The van der Waals surface area contributed by atoms with Gasteiger partial charge in [0.05, 0.1) is 25.9 Å². The molecule has 0 radical (unpaired) electrons. The molecule has 12 heteroatoms. The predicted octanol–water partition coefficient (Wildman–Crippen LogP) is -2.20. The molecular weight excluding hydrogens is 442 g/mol. The molecule has 0 aliphatic carbocycles. The lowest BCUT2D eigenvalue weighted by Crippen LogP contribution is -2.70. The summed E-state index contributed by atoms with van der Waals surface area (Å²) in [5.74, 6) is -1.43. The summed E-state index contributed by atoms with van der Waals surface area (Å²) in [6, 6.07) is -0.929. The van der Waals surface area contributed by atoms with E-state index in [2.05, 4.69) is 10.1 Å². The number of carbonyl (C=O) groups excluding carboxylic acids is 2. The number of ether oxygens (including phenoxy) is 4. The maximum atomic E-state index is 12.0. The molecule has 2 saturated heterocycles. The lowest BCUT2D eigenvalue weighted by atomic mass is 9.72. The summed E-state index contributed by atoms with van der Waals surface area (Å²) in [6.45, 7) is 6.56. The van der Waals surface area contributed by atoms with Crippen molar-refractivity contribution in [3.63, 3.8) is 0 Å². The minimum absolute atomic E-state index is 0.431. The van der Waals surface area contributed by atoms with E-state index in [0.29, 0.717) is 12.8 Å². The third kappa shape index (κ3) is 5.65. The maximum Gasteiger partial charge on any atom is 0.337 e. The lowest BCUT2D eigenvalue weighted by molar-refractivity contribution is -0.330. The minimum atomic E-state index is -1.81. The van der Waals surface area contributed by atoms with Crippen LogP contribution in [0.2, 0.25) is 0 Å². The Morgan fingerprint density at radius 3 is 2.09 bits per heavy atom. The Morgan fingerprint density at radius 1 is 1.00 bits per heavy atom. The molecule has 0 spiro atoms. The second kappa shape index (κ2) is 11.4. The Kier molecular flexibility index (Phi) is 9.59. The highest BCUT2D eigenvalue weighted by Crippen LogP contribution is 2.40. The van der Waals surface area contributed by atoms with E-state index in [9.17, 15) is 35.1 Å². The Bertz CT molecular complexity index is 673. The molecule has 192 valence electrons. The van der Waals surface area contributed by atoms with Crippen LogP contribution in [0.3, 0.4) is 0 Å². The average Bonchev–Trinajstić information content (AvgIpc) is 2.80. The van der Waals surface area contributed by atoms with Crippen molar-refractivity contribution in [3.05, 3.63) is 0 Å². The molecule has 6 N–H and O–H groups in total. The third-order valence-corrected chi connectivity index (χ3v) is 6.87. The molecule has 2 rings (SSSR count). The molecule has 33 heavy (non-hydrogen) atoms. The second-order valence-electron chi connectivity index (χ2n) is 8.88. The molecule has 0 bridgehead atoms. The van der Waals surface area contributed by atoms with E-state index in [4.69, 9.17) is 14.2 Å². The summed E-state index contributed by atoms with van der Waals surface area (Å²) in [6.07, 6.45) is -11.9. The summed E-state index contributed by atoms with van der Waals surface area (Å²) >= 11 is 0. The fourth-order valence-corrected chi connectivity index (χ4v) is 4.33. The topological polar surface area (TPSA) is 184 Å². The van der Waals surface area contributed by atoms with Gasteiger partial charge < -0.3 is 49.8 Å². The molecule has 2 aliphatic heterocycles. The van der Waals surface area contributed by atoms with Crippen molar-refractivity contribution in [1.82, 2.24) is 5.32 Å². The van der Waals surface area contributed by atoms with E-state index in [-0.39, 0.29) is 0 Å². The molecule has 10 atom stereocenters. The first-order valence-corrected chi connectivity index (χ1v) is 11.1. The van der Waals surface area contributed by atoms with Gasteiger partial charge in [0.15, 0.2) is 12.4 Å². The van der Waals surface area contributed by atoms with Gasteiger partial charge in [-0.3, -0.25) is 4.79 Å². The molecule has 0 aromatic heterocycles. The van der Waals surface area contributed by atoms with E-state index < -0.39 is 85.1 Å². The van der Waals surface area contributed by atoms with E-state index in [1.807, 2.05) is 20.8 Å². The number of nitrogens with one attached hydrogen (secondary N) is 1. The highest BCUT2D eigenvalue weighted by molar-refractivity contribution is 5.75. The van der Waals surface area contributed by atoms with E-state index in [1.54, 1.807) is 0 Å². The van der Waals surface area contributed by atoms with Crippen LogP contribution in [0, 0.1) is 5.41 Å². The summed E-state index contributed by atoms with van der Waals surface area (Å²) in [7, 11) is 1.06. The van der Waals surface area contributed by atoms with Crippen molar-refractivity contribution >= 4 is 11.9 Å². The molecule has 12 nitrogen and oxygen atoms in total. The summed E-state index contributed by atoms with van der Waals surface area (Å²) in [5.41, 5.74) is -0.488. The van der Waals surface area contributed by atoms with Crippen molar-refractivity contribution in [2.75, 3.05) is 13.7 Å². The number of aliphatic hydroxyl groups is 5. The molecule has 2 aliphatic rings. The van der Waals surface area contributed by atoms with Crippen molar-refractivity contribution in [3.8, 4) is 0 Å². The molecule has 9 unspecified atom stereocenters. The zero-order valence-corrected chi connectivity index (χ0v) is 19.6. The van der Waals surface area contributed by atoms with Gasteiger partial charge in [-0.15, -0.1) is 0 Å². The SMILES string of the molecule is CCC(C)(CC)[C@H]1OC(CO)C(O)C(OC2OC(C(=O)OC)C(O)C(O)C2O)C1NC(C)=O. The highest BCUT2D eigenvalue weighted by atomic mass is 16.7. The lowest BCUT2D eigenvalue weighted by Gasteiger charge is -2.52. The molecular formula is C21H37NO11. The van der Waals surface area contributed by atoms with Gasteiger partial charge in [0.25, 0.3) is 0 Å². The van der Waals surface area contributed by atoms with Gasteiger partial charge in [-0.1, -0.05) is 20.8 Å². The number of hydrogen-bond donors (Lipinski definition) is 6. The number of rotatable bonds is 8. The smallest absolute Gasteiger partial charge is 0.337 e. The first kappa shape index (κ1) is 27.9. The molecule has 1 amide bonds. The van der Waals surface area contributed by atoms with Gasteiger partial charge in [0, 0.05) is 6.92 Å². The summed E-state index contributed by atoms with van der Waals surface area (Å²) < 4.78 is 21.8. The van der Waals surface area contributed by atoms with E-state index in [0.717, 1.165) is 7.11 Å². The maximum absolute atomic E-state index is 12.0. The first-order valence-electron chi connectivity index (χ1n) is 11.1. The normalized spacial score (nSPS) is 39.7. The number of esters is 1. The van der Waals surface area contributed by atoms with Crippen LogP contribution in [0.5, 0.6) is 0 Å². The van der Waals surface area contributed by atoms with Crippen LogP contribution in [0.15, 0.2) is 0 Å². The van der Waals surface area contributed by atoms with Crippen LogP contribution in [-0.4, -0.2) is 112 Å². The van der Waals surface area contributed by atoms with Crippen LogP contribution in [-0.2, 0) is 28.5 Å².